The smallest absolute Gasteiger partial charge is 0.240 e. The Morgan fingerprint density at radius 1 is 1.41 bits per heavy atom. The van der Waals surface area contributed by atoms with Crippen LogP contribution in [0.3, 0.4) is 0 Å². The standard InChI is InChI=1S/C15H19N5O2/c1-3-12(21)18-15(16)17-11-6-4-10(5-7-11)14-9(2)8-13(22)19-20-14/h4-7,9H,3,8H2,1-2H3,(H,19,22)(H3,16,17,18,21). The van der Waals surface area contributed by atoms with Crippen LogP contribution in [0, 0.1) is 11.3 Å². The molecule has 1 atom stereocenters. The monoisotopic (exact) mass is 301 g/mol. The molecular weight excluding hydrogens is 282 g/mol. The van der Waals surface area contributed by atoms with E-state index in [0.29, 0.717) is 18.5 Å². The molecule has 0 saturated heterocycles. The molecule has 7 nitrogen and oxygen atoms in total. The van der Waals surface area contributed by atoms with Crippen molar-refractivity contribution in [2.24, 2.45) is 11.0 Å². The van der Waals surface area contributed by atoms with E-state index in [-0.39, 0.29) is 23.7 Å². The molecule has 2 amide bonds. The Morgan fingerprint density at radius 3 is 2.68 bits per heavy atom. The summed E-state index contributed by atoms with van der Waals surface area (Å²) in [5.41, 5.74) is 4.93. The van der Waals surface area contributed by atoms with Crippen LogP contribution in [-0.4, -0.2) is 23.5 Å². The van der Waals surface area contributed by atoms with Gasteiger partial charge >= 0.3 is 0 Å². The molecule has 7 heteroatoms. The first-order chi connectivity index (χ1) is 10.5. The molecule has 0 bridgehead atoms. The van der Waals surface area contributed by atoms with Crippen molar-refractivity contribution in [3.05, 3.63) is 29.8 Å². The van der Waals surface area contributed by atoms with Crippen LogP contribution < -0.4 is 16.1 Å². The van der Waals surface area contributed by atoms with Crippen LogP contribution in [0.2, 0.25) is 0 Å². The zero-order valence-electron chi connectivity index (χ0n) is 12.6. The van der Waals surface area contributed by atoms with Gasteiger partial charge in [-0.15, -0.1) is 0 Å². The average molecular weight is 301 g/mol. The number of carbonyl (C=O) groups excluding carboxylic acids is 2. The van der Waals surface area contributed by atoms with Crippen molar-refractivity contribution in [3.8, 4) is 0 Å². The summed E-state index contributed by atoms with van der Waals surface area (Å²) in [6.45, 7) is 3.68. The van der Waals surface area contributed by atoms with Crippen LogP contribution in [0.15, 0.2) is 29.4 Å². The van der Waals surface area contributed by atoms with E-state index >= 15 is 0 Å². The zero-order valence-corrected chi connectivity index (χ0v) is 12.6. The van der Waals surface area contributed by atoms with Gasteiger partial charge in [0.15, 0.2) is 5.96 Å². The molecule has 0 fully saturated rings. The highest BCUT2D eigenvalue weighted by Crippen LogP contribution is 2.18. The van der Waals surface area contributed by atoms with E-state index in [9.17, 15) is 9.59 Å². The summed E-state index contributed by atoms with van der Waals surface area (Å²) in [7, 11) is 0. The lowest BCUT2D eigenvalue weighted by Gasteiger charge is -2.19. The van der Waals surface area contributed by atoms with E-state index in [2.05, 4.69) is 21.2 Å². The maximum atomic E-state index is 11.3. The number of benzene rings is 1. The van der Waals surface area contributed by atoms with Crippen molar-refractivity contribution in [1.29, 1.82) is 5.41 Å². The molecule has 0 aromatic heterocycles. The van der Waals surface area contributed by atoms with Gasteiger partial charge in [-0.25, -0.2) is 5.43 Å². The maximum absolute atomic E-state index is 11.3. The van der Waals surface area contributed by atoms with Crippen LogP contribution >= 0.6 is 0 Å². The number of carbonyl (C=O) groups is 2. The van der Waals surface area contributed by atoms with Crippen molar-refractivity contribution < 1.29 is 9.59 Å². The van der Waals surface area contributed by atoms with E-state index < -0.39 is 0 Å². The summed E-state index contributed by atoms with van der Waals surface area (Å²) in [6, 6.07) is 7.33. The lowest BCUT2D eigenvalue weighted by Crippen LogP contribution is -2.34. The van der Waals surface area contributed by atoms with Crippen LogP contribution in [0.25, 0.3) is 0 Å². The summed E-state index contributed by atoms with van der Waals surface area (Å²) in [4.78, 5) is 22.4. The molecular formula is C15H19N5O2. The van der Waals surface area contributed by atoms with Crippen LogP contribution in [0.1, 0.15) is 32.3 Å². The second-order valence-corrected chi connectivity index (χ2v) is 5.12. The molecule has 1 heterocycles. The molecule has 0 saturated carbocycles. The highest BCUT2D eigenvalue weighted by molar-refractivity contribution is 6.06. The van der Waals surface area contributed by atoms with E-state index in [4.69, 9.17) is 5.41 Å². The lowest BCUT2D eigenvalue weighted by molar-refractivity contribution is -0.122. The number of nitrogens with zero attached hydrogens (tertiary/aromatic N) is 1. The molecule has 0 aliphatic carbocycles. The summed E-state index contributed by atoms with van der Waals surface area (Å²) >= 11 is 0. The number of guanidine groups is 1. The number of hydrogen-bond acceptors (Lipinski definition) is 4. The maximum Gasteiger partial charge on any atom is 0.240 e. The molecule has 0 spiro atoms. The fourth-order valence-corrected chi connectivity index (χ4v) is 2.13. The van der Waals surface area contributed by atoms with Crippen molar-refractivity contribution in [2.45, 2.75) is 26.7 Å². The lowest BCUT2D eigenvalue weighted by atomic mass is 9.94. The minimum atomic E-state index is -0.213. The molecule has 1 unspecified atom stereocenters. The topological polar surface area (TPSA) is 106 Å². The number of amides is 2. The van der Waals surface area contributed by atoms with Gasteiger partial charge in [-0.3, -0.25) is 20.3 Å². The molecule has 1 aliphatic rings. The molecule has 1 aliphatic heterocycles. The van der Waals surface area contributed by atoms with E-state index in [1.807, 2.05) is 19.1 Å². The molecule has 0 radical (unpaired) electrons. The summed E-state index contributed by atoms with van der Waals surface area (Å²) < 4.78 is 0. The summed E-state index contributed by atoms with van der Waals surface area (Å²) in [5, 5.41) is 17.0. The first kappa shape index (κ1) is 15.7. The molecule has 2 rings (SSSR count). The number of hydrogen-bond donors (Lipinski definition) is 4. The van der Waals surface area contributed by atoms with Crippen LogP contribution in [-0.2, 0) is 9.59 Å². The van der Waals surface area contributed by atoms with Gasteiger partial charge in [0.05, 0.1) is 5.71 Å². The predicted molar refractivity (Wildman–Crippen MR) is 84.7 cm³/mol. The van der Waals surface area contributed by atoms with Gasteiger partial charge in [0, 0.05) is 24.4 Å². The zero-order chi connectivity index (χ0) is 16.1. The highest BCUT2D eigenvalue weighted by Gasteiger charge is 2.21. The van der Waals surface area contributed by atoms with Crippen molar-refractivity contribution >= 4 is 29.2 Å². The van der Waals surface area contributed by atoms with Crippen molar-refractivity contribution in [1.82, 2.24) is 10.7 Å². The first-order valence-electron chi connectivity index (χ1n) is 7.12. The molecule has 22 heavy (non-hydrogen) atoms. The average Bonchev–Trinajstić information content (AvgIpc) is 2.48. The third-order valence-electron chi connectivity index (χ3n) is 3.29. The minimum Gasteiger partial charge on any atom is -0.326 e. The Labute approximate surface area is 128 Å². The van der Waals surface area contributed by atoms with Crippen LogP contribution in [0.5, 0.6) is 0 Å². The van der Waals surface area contributed by atoms with Crippen LogP contribution in [0.4, 0.5) is 5.69 Å². The number of hydrazone groups is 1. The Balaban J connectivity index is 2.03. The second-order valence-electron chi connectivity index (χ2n) is 5.12. The largest absolute Gasteiger partial charge is 0.326 e. The Bertz CT molecular complexity index is 621. The Kier molecular flexibility index (Phi) is 4.88. The Morgan fingerprint density at radius 2 is 2.09 bits per heavy atom. The molecule has 1 aromatic carbocycles. The highest BCUT2D eigenvalue weighted by atomic mass is 16.2. The van der Waals surface area contributed by atoms with Gasteiger partial charge in [-0.05, 0) is 17.7 Å². The van der Waals surface area contributed by atoms with Gasteiger partial charge in [-0.2, -0.15) is 5.10 Å². The third kappa shape index (κ3) is 3.91. The molecule has 4 N–H and O–H groups in total. The summed E-state index contributed by atoms with van der Waals surface area (Å²) in [5.74, 6) is -0.283. The number of rotatable bonds is 3. The normalized spacial score (nSPS) is 17.3. The number of anilines is 1. The first-order valence-corrected chi connectivity index (χ1v) is 7.12. The molecule has 116 valence electrons. The quantitative estimate of drug-likeness (QED) is 0.501. The van der Waals surface area contributed by atoms with Gasteiger partial charge in [0.25, 0.3) is 0 Å². The van der Waals surface area contributed by atoms with Gasteiger partial charge in [-0.1, -0.05) is 26.0 Å². The van der Waals surface area contributed by atoms with E-state index in [0.717, 1.165) is 11.3 Å². The molecule has 1 aromatic rings. The van der Waals surface area contributed by atoms with Gasteiger partial charge in [0.1, 0.15) is 0 Å². The number of nitrogens with one attached hydrogen (secondary N) is 4. The van der Waals surface area contributed by atoms with E-state index in [1.54, 1.807) is 19.1 Å². The van der Waals surface area contributed by atoms with Crippen molar-refractivity contribution in [3.63, 3.8) is 0 Å². The summed E-state index contributed by atoms with van der Waals surface area (Å²) in [6.07, 6.45) is 0.749. The second kappa shape index (κ2) is 6.84. The van der Waals surface area contributed by atoms with Gasteiger partial charge in [0.2, 0.25) is 11.8 Å². The third-order valence-corrected chi connectivity index (χ3v) is 3.29. The fourth-order valence-electron chi connectivity index (χ4n) is 2.13. The SMILES string of the molecule is CCC(=O)NC(=N)Nc1ccc(C2=NNC(=O)CC2C)cc1. The fraction of sp³-hybridized carbons (Fsp3) is 0.333. The Hall–Kier alpha value is -2.70. The predicted octanol–water partition coefficient (Wildman–Crippen LogP) is 1.42. The van der Waals surface area contributed by atoms with E-state index in [1.165, 1.54) is 0 Å². The van der Waals surface area contributed by atoms with Gasteiger partial charge < -0.3 is 5.32 Å². The van der Waals surface area contributed by atoms with Crippen molar-refractivity contribution in [2.75, 3.05) is 5.32 Å². The minimum absolute atomic E-state index is 0.0600.